The molecule has 4 bridgehead atoms. The van der Waals surface area contributed by atoms with Crippen molar-refractivity contribution in [3.63, 3.8) is 0 Å². The van der Waals surface area contributed by atoms with Crippen LogP contribution in [-0.2, 0) is 0 Å². The van der Waals surface area contributed by atoms with Crippen LogP contribution in [0, 0.1) is 29.6 Å². The molecule has 104 valence electrons. The highest BCUT2D eigenvalue weighted by Gasteiger charge is 2.48. The zero-order valence-corrected chi connectivity index (χ0v) is 11.9. The molecule has 0 aromatic heterocycles. The fourth-order valence-electron chi connectivity index (χ4n) is 5.19. The first-order valence-corrected chi connectivity index (χ1v) is 8.04. The van der Waals surface area contributed by atoms with Gasteiger partial charge in [-0.25, -0.2) is 0 Å². The summed E-state index contributed by atoms with van der Waals surface area (Å²) < 4.78 is 0. The highest BCUT2D eigenvalue weighted by Crippen LogP contribution is 2.53. The molecule has 4 aliphatic rings. The van der Waals surface area contributed by atoms with Gasteiger partial charge in [0.1, 0.15) is 0 Å². The van der Waals surface area contributed by atoms with E-state index in [9.17, 15) is 5.11 Å². The second-order valence-corrected chi connectivity index (χ2v) is 7.49. The minimum Gasteiger partial charge on any atom is -0.396 e. The predicted molar refractivity (Wildman–Crippen MR) is 74.3 cm³/mol. The lowest BCUT2D eigenvalue weighted by atomic mass is 9.54. The number of hydrogen-bond donors (Lipinski definition) is 2. The molecule has 0 heterocycles. The average molecular weight is 251 g/mol. The summed E-state index contributed by atoms with van der Waals surface area (Å²) in [6.45, 7) is 4.88. The van der Waals surface area contributed by atoms with Crippen LogP contribution >= 0.6 is 0 Å². The molecule has 1 unspecified atom stereocenters. The quantitative estimate of drug-likeness (QED) is 0.787. The van der Waals surface area contributed by atoms with Gasteiger partial charge in [-0.15, -0.1) is 0 Å². The summed E-state index contributed by atoms with van der Waals surface area (Å²) in [5.74, 6) is 4.64. The molecule has 2 N–H and O–H groups in total. The van der Waals surface area contributed by atoms with E-state index in [1.807, 2.05) is 0 Å². The Balaban J connectivity index is 1.65. The summed E-state index contributed by atoms with van der Waals surface area (Å²) in [6, 6.07) is 1.27. The summed E-state index contributed by atoms with van der Waals surface area (Å²) in [5, 5.41) is 13.2. The first kappa shape index (κ1) is 12.9. The van der Waals surface area contributed by atoms with Crippen LogP contribution in [0.25, 0.3) is 0 Å². The smallest absolute Gasteiger partial charge is 0.0445 e. The van der Waals surface area contributed by atoms with Crippen molar-refractivity contribution in [2.45, 2.75) is 64.5 Å². The molecule has 1 atom stereocenters. The molecule has 4 saturated carbocycles. The molecule has 0 aromatic carbocycles. The predicted octanol–water partition coefficient (Wildman–Crippen LogP) is 2.81. The molecule has 0 aliphatic heterocycles. The third-order valence-electron chi connectivity index (χ3n) is 5.88. The fourth-order valence-corrected chi connectivity index (χ4v) is 5.19. The second-order valence-electron chi connectivity index (χ2n) is 7.49. The third-order valence-corrected chi connectivity index (χ3v) is 5.88. The standard InChI is InChI=1S/C16H29NO/c1-10(2)15(3-4-18)17-16-13-6-11-5-12(8-13)9-14(16)7-11/h10-18H,3-9H2,1-2H3. The Morgan fingerprint density at radius 1 is 1.00 bits per heavy atom. The summed E-state index contributed by atoms with van der Waals surface area (Å²) >= 11 is 0. The first-order chi connectivity index (χ1) is 8.67. The van der Waals surface area contributed by atoms with Gasteiger partial charge >= 0.3 is 0 Å². The number of hydrogen-bond acceptors (Lipinski definition) is 2. The van der Waals surface area contributed by atoms with Gasteiger partial charge in [-0.05, 0) is 68.1 Å². The van der Waals surface area contributed by atoms with Crippen LogP contribution in [0.3, 0.4) is 0 Å². The van der Waals surface area contributed by atoms with Crippen LogP contribution in [0.5, 0.6) is 0 Å². The minimum atomic E-state index is 0.323. The van der Waals surface area contributed by atoms with Gasteiger partial charge in [-0.3, -0.25) is 0 Å². The summed E-state index contributed by atoms with van der Waals surface area (Å²) in [6.07, 6.45) is 8.37. The summed E-state index contributed by atoms with van der Waals surface area (Å²) in [7, 11) is 0. The van der Waals surface area contributed by atoms with Crippen molar-refractivity contribution in [1.29, 1.82) is 0 Å². The van der Waals surface area contributed by atoms with Gasteiger partial charge in [0.25, 0.3) is 0 Å². The Bertz CT molecular complexity index is 261. The van der Waals surface area contributed by atoms with Crippen molar-refractivity contribution in [2.24, 2.45) is 29.6 Å². The van der Waals surface area contributed by atoms with Crippen LogP contribution < -0.4 is 5.32 Å². The molecule has 0 spiro atoms. The molecule has 2 nitrogen and oxygen atoms in total. The lowest BCUT2D eigenvalue weighted by Crippen LogP contribution is -2.57. The van der Waals surface area contributed by atoms with Gasteiger partial charge < -0.3 is 10.4 Å². The highest BCUT2D eigenvalue weighted by atomic mass is 16.3. The van der Waals surface area contributed by atoms with Crippen LogP contribution in [0.1, 0.15) is 52.4 Å². The van der Waals surface area contributed by atoms with Crippen LogP contribution in [-0.4, -0.2) is 23.8 Å². The van der Waals surface area contributed by atoms with E-state index in [2.05, 4.69) is 19.2 Å². The SMILES string of the molecule is CC(C)C(CCO)NC1C2CC3CC(C2)CC1C3. The zero-order chi connectivity index (χ0) is 12.7. The molecular formula is C16H29NO. The largest absolute Gasteiger partial charge is 0.396 e. The van der Waals surface area contributed by atoms with Crippen molar-refractivity contribution in [3.8, 4) is 0 Å². The summed E-state index contributed by atoms with van der Waals surface area (Å²) in [5.41, 5.74) is 0. The van der Waals surface area contributed by atoms with E-state index in [0.29, 0.717) is 18.6 Å². The van der Waals surface area contributed by atoms with E-state index in [4.69, 9.17) is 0 Å². The fraction of sp³-hybridized carbons (Fsp3) is 1.00. The molecule has 4 fully saturated rings. The van der Waals surface area contributed by atoms with E-state index >= 15 is 0 Å². The van der Waals surface area contributed by atoms with Crippen molar-refractivity contribution in [3.05, 3.63) is 0 Å². The Morgan fingerprint density at radius 3 is 2.00 bits per heavy atom. The van der Waals surface area contributed by atoms with Crippen molar-refractivity contribution >= 4 is 0 Å². The minimum absolute atomic E-state index is 0.323. The number of aliphatic hydroxyl groups is 1. The molecule has 4 aliphatic carbocycles. The average Bonchev–Trinajstić information content (AvgIpc) is 2.31. The maximum atomic E-state index is 9.23. The number of aliphatic hydroxyl groups excluding tert-OH is 1. The summed E-state index contributed by atoms with van der Waals surface area (Å²) in [4.78, 5) is 0. The Morgan fingerprint density at radius 2 is 1.56 bits per heavy atom. The van der Waals surface area contributed by atoms with Gasteiger partial charge in [0.05, 0.1) is 0 Å². The normalized spacial score (nSPS) is 43.7. The molecule has 0 radical (unpaired) electrons. The van der Waals surface area contributed by atoms with Crippen molar-refractivity contribution < 1.29 is 5.11 Å². The zero-order valence-electron chi connectivity index (χ0n) is 11.9. The maximum absolute atomic E-state index is 9.23. The molecule has 0 saturated heterocycles. The topological polar surface area (TPSA) is 32.3 Å². The van der Waals surface area contributed by atoms with Gasteiger partial charge in [0.2, 0.25) is 0 Å². The maximum Gasteiger partial charge on any atom is 0.0445 e. The van der Waals surface area contributed by atoms with Crippen LogP contribution in [0.4, 0.5) is 0 Å². The van der Waals surface area contributed by atoms with Gasteiger partial charge in [0.15, 0.2) is 0 Å². The molecule has 0 amide bonds. The van der Waals surface area contributed by atoms with E-state index in [1.54, 1.807) is 0 Å². The van der Waals surface area contributed by atoms with Gasteiger partial charge in [-0.1, -0.05) is 13.8 Å². The lowest BCUT2D eigenvalue weighted by Gasteiger charge is -2.55. The van der Waals surface area contributed by atoms with Crippen LogP contribution in [0.15, 0.2) is 0 Å². The molecular weight excluding hydrogens is 222 g/mol. The molecule has 2 heteroatoms. The van der Waals surface area contributed by atoms with E-state index in [-0.39, 0.29) is 0 Å². The molecule has 4 rings (SSSR count). The van der Waals surface area contributed by atoms with Gasteiger partial charge in [0, 0.05) is 18.7 Å². The van der Waals surface area contributed by atoms with E-state index in [1.165, 1.54) is 32.1 Å². The second kappa shape index (κ2) is 5.13. The number of rotatable bonds is 5. The monoisotopic (exact) mass is 251 g/mol. The molecule has 0 aromatic rings. The van der Waals surface area contributed by atoms with Crippen LogP contribution in [0.2, 0.25) is 0 Å². The Labute approximate surface area is 112 Å². The van der Waals surface area contributed by atoms with Gasteiger partial charge in [-0.2, -0.15) is 0 Å². The third kappa shape index (κ3) is 2.34. The van der Waals surface area contributed by atoms with E-state index in [0.717, 1.165) is 36.1 Å². The lowest BCUT2D eigenvalue weighted by molar-refractivity contribution is -0.0207. The molecule has 18 heavy (non-hydrogen) atoms. The highest BCUT2D eigenvalue weighted by molar-refractivity contribution is 5.02. The van der Waals surface area contributed by atoms with Crippen molar-refractivity contribution in [1.82, 2.24) is 5.32 Å². The Hall–Kier alpha value is -0.0800. The van der Waals surface area contributed by atoms with E-state index < -0.39 is 0 Å². The van der Waals surface area contributed by atoms with Crippen molar-refractivity contribution in [2.75, 3.05) is 6.61 Å². The first-order valence-electron chi connectivity index (χ1n) is 8.04. The Kier molecular flexibility index (Phi) is 3.68. The number of nitrogens with one attached hydrogen (secondary N) is 1.